The summed E-state index contributed by atoms with van der Waals surface area (Å²) in [6.45, 7) is 7.99. The Hall–Kier alpha value is -1.14. The molecule has 2 saturated heterocycles. The van der Waals surface area contributed by atoms with E-state index in [2.05, 4.69) is 12.2 Å². The Labute approximate surface area is 120 Å². The molecule has 0 radical (unpaired) electrons. The molecule has 6 nitrogen and oxygen atoms in total. The first kappa shape index (κ1) is 15.3. The molecule has 114 valence electrons. The maximum Gasteiger partial charge on any atom is 0.242 e. The first-order valence-electron chi connectivity index (χ1n) is 7.52. The van der Waals surface area contributed by atoms with Crippen LogP contribution < -0.4 is 5.32 Å². The Balaban J connectivity index is 1.95. The third-order valence-electron chi connectivity index (χ3n) is 4.16. The lowest BCUT2D eigenvalue weighted by atomic mass is 9.98. The summed E-state index contributed by atoms with van der Waals surface area (Å²) < 4.78 is 5.44. The second kappa shape index (κ2) is 7.04. The van der Waals surface area contributed by atoms with Gasteiger partial charge in [-0.2, -0.15) is 0 Å². The lowest BCUT2D eigenvalue weighted by Gasteiger charge is -2.36. The van der Waals surface area contributed by atoms with Crippen LogP contribution in [-0.4, -0.2) is 73.6 Å². The summed E-state index contributed by atoms with van der Waals surface area (Å²) in [6.07, 6.45) is 1.02. The molecular weight excluding hydrogens is 258 g/mol. The van der Waals surface area contributed by atoms with Crippen molar-refractivity contribution in [3.63, 3.8) is 0 Å². The lowest BCUT2D eigenvalue weighted by Crippen LogP contribution is -2.57. The van der Waals surface area contributed by atoms with E-state index in [1.54, 1.807) is 9.80 Å². The van der Waals surface area contributed by atoms with Gasteiger partial charge < -0.3 is 19.9 Å². The van der Waals surface area contributed by atoms with Gasteiger partial charge in [0.15, 0.2) is 0 Å². The molecule has 2 unspecified atom stereocenters. The van der Waals surface area contributed by atoms with Crippen molar-refractivity contribution in [2.75, 3.05) is 45.9 Å². The number of hydrogen-bond donors (Lipinski definition) is 1. The van der Waals surface area contributed by atoms with E-state index in [1.807, 2.05) is 6.92 Å². The van der Waals surface area contributed by atoms with Crippen molar-refractivity contribution in [1.82, 2.24) is 15.1 Å². The van der Waals surface area contributed by atoms with Gasteiger partial charge in [0.2, 0.25) is 11.8 Å². The van der Waals surface area contributed by atoms with Crippen molar-refractivity contribution in [2.45, 2.75) is 26.3 Å². The lowest BCUT2D eigenvalue weighted by molar-refractivity contribution is -0.150. The average Bonchev–Trinajstić information content (AvgIpc) is 2.95. The van der Waals surface area contributed by atoms with Gasteiger partial charge in [-0.25, -0.2) is 0 Å². The van der Waals surface area contributed by atoms with Crippen molar-refractivity contribution >= 4 is 11.8 Å². The number of ether oxygens (including phenoxy) is 1. The highest BCUT2D eigenvalue weighted by Crippen LogP contribution is 2.18. The van der Waals surface area contributed by atoms with Crippen molar-refractivity contribution in [3.05, 3.63) is 0 Å². The minimum Gasteiger partial charge on any atom is -0.381 e. The molecule has 0 aromatic rings. The van der Waals surface area contributed by atoms with Gasteiger partial charge in [-0.05, 0) is 19.9 Å². The summed E-state index contributed by atoms with van der Waals surface area (Å²) in [5.74, 6) is 0.528. The zero-order valence-electron chi connectivity index (χ0n) is 12.4. The second-order valence-corrected chi connectivity index (χ2v) is 5.47. The van der Waals surface area contributed by atoms with Crippen LogP contribution in [-0.2, 0) is 14.3 Å². The quantitative estimate of drug-likeness (QED) is 0.726. The number of nitrogens with one attached hydrogen (secondary N) is 1. The number of piperazine rings is 1. The minimum absolute atomic E-state index is 0.0463. The molecule has 0 aromatic carbocycles. The molecule has 0 bridgehead atoms. The molecule has 2 heterocycles. The summed E-state index contributed by atoms with van der Waals surface area (Å²) in [5, 5.41) is 3.43. The molecule has 0 aliphatic carbocycles. The van der Waals surface area contributed by atoms with Gasteiger partial charge in [-0.1, -0.05) is 6.92 Å². The fraction of sp³-hybridized carbons (Fsp3) is 0.857. The zero-order chi connectivity index (χ0) is 14.5. The molecule has 2 aliphatic heterocycles. The molecule has 20 heavy (non-hydrogen) atoms. The van der Waals surface area contributed by atoms with Crippen molar-refractivity contribution in [2.24, 2.45) is 5.92 Å². The van der Waals surface area contributed by atoms with E-state index >= 15 is 0 Å². The van der Waals surface area contributed by atoms with Crippen LogP contribution in [0.5, 0.6) is 0 Å². The smallest absolute Gasteiger partial charge is 0.242 e. The normalized spacial score (nSPS) is 25.4. The fourth-order valence-electron chi connectivity index (χ4n) is 2.91. The van der Waals surface area contributed by atoms with Crippen LogP contribution in [0, 0.1) is 5.92 Å². The molecule has 2 rings (SSSR count). The molecular formula is C14H25N3O3. The van der Waals surface area contributed by atoms with Crippen LogP contribution in [0.4, 0.5) is 0 Å². The Bertz CT molecular complexity index is 356. The fourth-order valence-corrected chi connectivity index (χ4v) is 2.91. The number of rotatable bonds is 6. The zero-order valence-corrected chi connectivity index (χ0v) is 12.4. The molecule has 0 aromatic heterocycles. The van der Waals surface area contributed by atoms with Gasteiger partial charge in [0.1, 0.15) is 0 Å². The van der Waals surface area contributed by atoms with Gasteiger partial charge >= 0.3 is 0 Å². The topological polar surface area (TPSA) is 61.9 Å². The van der Waals surface area contributed by atoms with Gasteiger partial charge in [0.05, 0.1) is 19.7 Å². The van der Waals surface area contributed by atoms with Crippen LogP contribution in [0.1, 0.15) is 20.3 Å². The van der Waals surface area contributed by atoms with Crippen LogP contribution in [0.25, 0.3) is 0 Å². The third-order valence-corrected chi connectivity index (χ3v) is 4.16. The van der Waals surface area contributed by atoms with E-state index in [0.29, 0.717) is 19.0 Å². The molecule has 2 fully saturated rings. The van der Waals surface area contributed by atoms with Crippen molar-refractivity contribution in [3.8, 4) is 0 Å². The van der Waals surface area contributed by atoms with Crippen LogP contribution in [0.3, 0.4) is 0 Å². The maximum absolute atomic E-state index is 12.1. The van der Waals surface area contributed by atoms with Gasteiger partial charge in [-0.15, -0.1) is 0 Å². The second-order valence-electron chi connectivity index (χ2n) is 5.47. The predicted molar refractivity (Wildman–Crippen MR) is 75.2 cm³/mol. The Morgan fingerprint density at radius 2 is 1.95 bits per heavy atom. The highest BCUT2D eigenvalue weighted by atomic mass is 16.5. The van der Waals surface area contributed by atoms with E-state index in [1.165, 1.54) is 0 Å². The number of amides is 2. The maximum atomic E-state index is 12.1. The van der Waals surface area contributed by atoms with Crippen LogP contribution in [0.2, 0.25) is 0 Å². The van der Waals surface area contributed by atoms with Crippen LogP contribution in [0.15, 0.2) is 0 Å². The van der Waals surface area contributed by atoms with Crippen LogP contribution >= 0.6 is 0 Å². The number of carbonyl (C=O) groups is 2. The molecule has 1 N–H and O–H groups in total. The molecule has 2 amide bonds. The first-order chi connectivity index (χ1) is 9.65. The van der Waals surface area contributed by atoms with E-state index < -0.39 is 0 Å². The molecule has 0 spiro atoms. The van der Waals surface area contributed by atoms with E-state index in [9.17, 15) is 9.59 Å². The molecule has 6 heteroatoms. The first-order valence-corrected chi connectivity index (χ1v) is 7.52. The molecule has 0 saturated carbocycles. The van der Waals surface area contributed by atoms with E-state index in [0.717, 1.165) is 26.2 Å². The monoisotopic (exact) mass is 283 g/mol. The van der Waals surface area contributed by atoms with Gasteiger partial charge in [0, 0.05) is 31.7 Å². The van der Waals surface area contributed by atoms with Crippen molar-refractivity contribution in [1.29, 1.82) is 0 Å². The number of carbonyl (C=O) groups excluding carboxylic acids is 2. The largest absolute Gasteiger partial charge is 0.381 e. The number of likely N-dealkylation sites (N-methyl/N-ethyl adjacent to an activating group) is 2. The Kier molecular flexibility index (Phi) is 5.37. The Morgan fingerprint density at radius 3 is 2.55 bits per heavy atom. The summed E-state index contributed by atoms with van der Waals surface area (Å²) in [4.78, 5) is 27.4. The third kappa shape index (κ3) is 3.49. The highest BCUT2D eigenvalue weighted by Gasteiger charge is 2.33. The summed E-state index contributed by atoms with van der Waals surface area (Å²) in [5.41, 5.74) is 0. The van der Waals surface area contributed by atoms with E-state index in [4.69, 9.17) is 4.74 Å². The predicted octanol–water partition coefficient (Wildman–Crippen LogP) is -0.308. The summed E-state index contributed by atoms with van der Waals surface area (Å²) in [7, 11) is 0. The SMILES string of the molecule is CCNC(CN1CC(=O)N(CC)CC1=O)C1CCOC1. The van der Waals surface area contributed by atoms with Gasteiger partial charge in [-0.3, -0.25) is 9.59 Å². The molecule has 2 atom stereocenters. The highest BCUT2D eigenvalue weighted by molar-refractivity contribution is 5.92. The minimum atomic E-state index is 0.0463. The van der Waals surface area contributed by atoms with E-state index in [-0.39, 0.29) is 30.9 Å². The number of hydrogen-bond acceptors (Lipinski definition) is 4. The standard InChI is InChI=1S/C14H25N3O3/c1-3-15-12(11-5-6-20-10-11)7-17-9-13(18)16(4-2)8-14(17)19/h11-12,15H,3-10H2,1-2H3. The van der Waals surface area contributed by atoms with Crippen molar-refractivity contribution < 1.29 is 14.3 Å². The average molecular weight is 283 g/mol. The number of nitrogens with zero attached hydrogens (tertiary/aromatic N) is 2. The Morgan fingerprint density at radius 1 is 1.25 bits per heavy atom. The summed E-state index contributed by atoms with van der Waals surface area (Å²) in [6, 6.07) is 0.215. The molecule has 2 aliphatic rings. The summed E-state index contributed by atoms with van der Waals surface area (Å²) >= 11 is 0. The van der Waals surface area contributed by atoms with Gasteiger partial charge in [0.25, 0.3) is 0 Å².